The molecule has 0 heteroatoms. The summed E-state index contributed by atoms with van der Waals surface area (Å²) < 4.78 is 0. The molecule has 0 saturated carbocycles. The Hall–Kier alpha value is -0.780. The number of fused-ring (bicyclic) bond motifs is 1. The number of hydrogen-bond acceptors (Lipinski definition) is 0. The van der Waals surface area contributed by atoms with Crippen LogP contribution in [0.5, 0.6) is 0 Å². The van der Waals surface area contributed by atoms with Gasteiger partial charge in [-0.2, -0.15) is 0 Å². The van der Waals surface area contributed by atoms with Gasteiger partial charge in [-0.1, -0.05) is 51.5 Å². The second-order valence-electron chi connectivity index (χ2n) is 5.06. The minimum atomic E-state index is 0.554. The molecule has 0 saturated heterocycles. The van der Waals surface area contributed by atoms with Crippen molar-refractivity contribution in [1.29, 1.82) is 0 Å². The third-order valence-corrected chi connectivity index (χ3v) is 4.43. The highest BCUT2D eigenvalue weighted by Gasteiger charge is 2.40. The maximum atomic E-state index is 2.42. The lowest BCUT2D eigenvalue weighted by atomic mass is 9.72. The normalized spacial score (nSPS) is 29.1. The Kier molecular flexibility index (Phi) is 2.86. The van der Waals surface area contributed by atoms with Gasteiger partial charge in [0, 0.05) is 0 Å². The van der Waals surface area contributed by atoms with Crippen LogP contribution >= 0.6 is 0 Å². The maximum Gasteiger partial charge on any atom is -0.0128 e. The van der Waals surface area contributed by atoms with Crippen molar-refractivity contribution in [2.24, 2.45) is 5.41 Å². The fraction of sp³-hybridized carbons (Fsp3) is 0.600. The van der Waals surface area contributed by atoms with Crippen molar-refractivity contribution in [2.45, 2.75) is 52.4 Å². The Bertz CT molecular complexity index is 340. The molecule has 2 atom stereocenters. The van der Waals surface area contributed by atoms with Crippen molar-refractivity contribution in [3.63, 3.8) is 0 Å². The predicted molar refractivity (Wildman–Crippen MR) is 66.2 cm³/mol. The van der Waals surface area contributed by atoms with Gasteiger partial charge in [-0.25, -0.2) is 0 Å². The van der Waals surface area contributed by atoms with Gasteiger partial charge in [0.05, 0.1) is 0 Å². The largest absolute Gasteiger partial charge is 0.0654 e. The topological polar surface area (TPSA) is 0 Å². The molecule has 1 aromatic rings. The van der Waals surface area contributed by atoms with Gasteiger partial charge in [-0.15, -0.1) is 0 Å². The minimum Gasteiger partial charge on any atom is -0.0654 e. The van der Waals surface area contributed by atoms with Crippen molar-refractivity contribution >= 4 is 0 Å². The first-order valence-corrected chi connectivity index (χ1v) is 6.31. The molecule has 0 aliphatic heterocycles. The molecule has 0 N–H and O–H groups in total. The molecule has 0 radical (unpaired) electrons. The average Bonchev–Trinajstić information content (AvgIpc) is 2.54. The van der Waals surface area contributed by atoms with Gasteiger partial charge in [-0.3, -0.25) is 0 Å². The van der Waals surface area contributed by atoms with Gasteiger partial charge in [-0.05, 0) is 41.7 Å². The van der Waals surface area contributed by atoms with Crippen LogP contribution in [-0.2, 0) is 6.42 Å². The SMILES string of the molecule is CCCC1(CC)Cc2ccccc2C1C. The lowest BCUT2D eigenvalue weighted by molar-refractivity contribution is 0.220. The van der Waals surface area contributed by atoms with E-state index in [0.29, 0.717) is 5.41 Å². The van der Waals surface area contributed by atoms with Gasteiger partial charge < -0.3 is 0 Å². The van der Waals surface area contributed by atoms with Crippen LogP contribution in [-0.4, -0.2) is 0 Å². The molecule has 15 heavy (non-hydrogen) atoms. The standard InChI is InChI=1S/C15H22/c1-4-10-15(5-2)11-13-8-6-7-9-14(13)12(15)3/h6-9,12H,4-5,10-11H2,1-3H3. The highest BCUT2D eigenvalue weighted by Crippen LogP contribution is 2.51. The van der Waals surface area contributed by atoms with Crippen molar-refractivity contribution in [2.75, 3.05) is 0 Å². The molecule has 1 aromatic carbocycles. The summed E-state index contributed by atoms with van der Waals surface area (Å²) in [5, 5.41) is 0. The summed E-state index contributed by atoms with van der Waals surface area (Å²) in [7, 11) is 0. The van der Waals surface area contributed by atoms with Crippen LogP contribution in [0.2, 0.25) is 0 Å². The van der Waals surface area contributed by atoms with Crippen LogP contribution in [0.1, 0.15) is 57.1 Å². The zero-order valence-corrected chi connectivity index (χ0v) is 10.2. The number of hydrogen-bond donors (Lipinski definition) is 0. The zero-order valence-electron chi connectivity index (χ0n) is 10.2. The third-order valence-electron chi connectivity index (χ3n) is 4.43. The second kappa shape index (κ2) is 4.00. The summed E-state index contributed by atoms with van der Waals surface area (Å²) >= 11 is 0. The molecular weight excluding hydrogens is 180 g/mol. The van der Waals surface area contributed by atoms with E-state index in [0.717, 1.165) is 5.92 Å². The first-order valence-electron chi connectivity index (χ1n) is 6.31. The number of benzene rings is 1. The molecule has 0 bridgehead atoms. The first-order chi connectivity index (χ1) is 7.23. The molecule has 0 heterocycles. The van der Waals surface area contributed by atoms with Gasteiger partial charge in [0.25, 0.3) is 0 Å². The molecule has 1 aliphatic rings. The van der Waals surface area contributed by atoms with Crippen LogP contribution < -0.4 is 0 Å². The van der Waals surface area contributed by atoms with Crippen LogP contribution in [0.15, 0.2) is 24.3 Å². The Balaban J connectivity index is 2.35. The summed E-state index contributed by atoms with van der Waals surface area (Å²) in [5.41, 5.74) is 3.76. The maximum absolute atomic E-state index is 2.42. The first kappa shape index (κ1) is 10.7. The second-order valence-corrected chi connectivity index (χ2v) is 5.06. The highest BCUT2D eigenvalue weighted by atomic mass is 14.4. The molecule has 2 rings (SSSR count). The van der Waals surface area contributed by atoms with Crippen LogP contribution in [0.25, 0.3) is 0 Å². The molecule has 1 aliphatic carbocycles. The third kappa shape index (κ3) is 1.60. The lowest BCUT2D eigenvalue weighted by Gasteiger charge is -2.32. The monoisotopic (exact) mass is 202 g/mol. The lowest BCUT2D eigenvalue weighted by Crippen LogP contribution is -2.23. The van der Waals surface area contributed by atoms with E-state index >= 15 is 0 Å². The molecular formula is C15H22. The summed E-state index contributed by atoms with van der Waals surface area (Å²) in [6, 6.07) is 9.02. The van der Waals surface area contributed by atoms with E-state index in [4.69, 9.17) is 0 Å². The van der Waals surface area contributed by atoms with E-state index in [1.165, 1.54) is 25.7 Å². The van der Waals surface area contributed by atoms with E-state index < -0.39 is 0 Å². The Morgan fingerprint density at radius 2 is 2.00 bits per heavy atom. The molecule has 2 unspecified atom stereocenters. The Morgan fingerprint density at radius 1 is 1.27 bits per heavy atom. The molecule has 0 nitrogen and oxygen atoms in total. The van der Waals surface area contributed by atoms with Crippen molar-refractivity contribution in [3.8, 4) is 0 Å². The molecule has 0 aromatic heterocycles. The smallest absolute Gasteiger partial charge is 0.0128 e. The quantitative estimate of drug-likeness (QED) is 0.675. The molecule has 0 fully saturated rings. The Labute approximate surface area is 93.7 Å². The predicted octanol–water partition coefficient (Wildman–Crippen LogP) is 4.54. The van der Waals surface area contributed by atoms with E-state index in [-0.39, 0.29) is 0 Å². The van der Waals surface area contributed by atoms with E-state index in [2.05, 4.69) is 45.0 Å². The zero-order chi connectivity index (χ0) is 10.9. The van der Waals surface area contributed by atoms with Crippen molar-refractivity contribution in [3.05, 3.63) is 35.4 Å². The number of rotatable bonds is 3. The van der Waals surface area contributed by atoms with E-state index in [1.807, 2.05) is 0 Å². The fourth-order valence-electron chi connectivity index (χ4n) is 3.39. The van der Waals surface area contributed by atoms with Crippen LogP contribution in [0.3, 0.4) is 0 Å². The van der Waals surface area contributed by atoms with Gasteiger partial charge in [0.1, 0.15) is 0 Å². The summed E-state index contributed by atoms with van der Waals surface area (Å²) in [6.45, 7) is 7.09. The summed E-state index contributed by atoms with van der Waals surface area (Å²) in [4.78, 5) is 0. The van der Waals surface area contributed by atoms with Crippen LogP contribution in [0, 0.1) is 5.41 Å². The summed E-state index contributed by atoms with van der Waals surface area (Å²) in [5.74, 6) is 0.749. The van der Waals surface area contributed by atoms with Crippen LogP contribution in [0.4, 0.5) is 0 Å². The highest BCUT2D eigenvalue weighted by molar-refractivity contribution is 5.38. The average molecular weight is 202 g/mol. The van der Waals surface area contributed by atoms with Gasteiger partial charge >= 0.3 is 0 Å². The van der Waals surface area contributed by atoms with Crippen molar-refractivity contribution < 1.29 is 0 Å². The molecule has 0 amide bonds. The van der Waals surface area contributed by atoms with Gasteiger partial charge in [0.2, 0.25) is 0 Å². The van der Waals surface area contributed by atoms with Crippen molar-refractivity contribution in [1.82, 2.24) is 0 Å². The van der Waals surface area contributed by atoms with E-state index in [1.54, 1.807) is 11.1 Å². The van der Waals surface area contributed by atoms with Gasteiger partial charge in [0.15, 0.2) is 0 Å². The fourth-order valence-corrected chi connectivity index (χ4v) is 3.39. The molecule has 82 valence electrons. The molecule has 0 spiro atoms. The van der Waals surface area contributed by atoms with E-state index in [9.17, 15) is 0 Å². The summed E-state index contributed by atoms with van der Waals surface area (Å²) in [6.07, 6.45) is 5.30. The Morgan fingerprint density at radius 3 is 2.60 bits per heavy atom. The minimum absolute atomic E-state index is 0.554.